The number of nitrogen functional groups attached to an aromatic ring is 1. The molecule has 0 saturated carbocycles. The average molecular weight is 241 g/mol. The van der Waals surface area contributed by atoms with Crippen molar-refractivity contribution in [2.24, 2.45) is 0 Å². The van der Waals surface area contributed by atoms with E-state index in [0.29, 0.717) is 11.3 Å². The van der Waals surface area contributed by atoms with Crippen LogP contribution >= 0.6 is 12.4 Å². The summed E-state index contributed by atoms with van der Waals surface area (Å²) in [5.41, 5.74) is 7.45. The molecule has 0 unspecified atom stereocenters. The first-order valence-corrected chi connectivity index (χ1v) is 5.05. The second kappa shape index (κ2) is 5.12. The van der Waals surface area contributed by atoms with Crippen molar-refractivity contribution in [2.45, 2.75) is 19.8 Å². The fraction of sp³-hybridized carbons (Fsp3) is 0.250. The molecule has 16 heavy (non-hydrogen) atoms. The van der Waals surface area contributed by atoms with Gasteiger partial charge in [-0.2, -0.15) is 0 Å². The van der Waals surface area contributed by atoms with Gasteiger partial charge in [0.25, 0.3) is 0 Å². The van der Waals surface area contributed by atoms with Gasteiger partial charge in [0.15, 0.2) is 0 Å². The first kappa shape index (κ1) is 12.7. The summed E-state index contributed by atoms with van der Waals surface area (Å²) in [5.74, 6) is 0.229. The third-order valence-corrected chi connectivity index (χ3v) is 2.41. The number of anilines is 1. The first-order chi connectivity index (χ1) is 7.20. The van der Waals surface area contributed by atoms with Gasteiger partial charge in [-0.1, -0.05) is 13.3 Å². The molecule has 0 atom stereocenters. The summed E-state index contributed by atoms with van der Waals surface area (Å²) in [7, 11) is 0. The number of nitrogens with two attached hydrogens (primary N) is 1. The number of rotatable bonds is 2. The molecule has 0 aliphatic rings. The average Bonchev–Trinajstić information content (AvgIpc) is 2.20. The second-order valence-corrected chi connectivity index (χ2v) is 3.62. The smallest absolute Gasteiger partial charge is 0.127 e. The van der Waals surface area contributed by atoms with Crippen LogP contribution in [0.2, 0.25) is 0 Å². The van der Waals surface area contributed by atoms with E-state index in [1.807, 2.05) is 6.07 Å². The molecule has 0 bridgehead atoms. The maximum absolute atomic E-state index is 12.9. The molecule has 2 N–H and O–H groups in total. The number of hydrogen-bond acceptors (Lipinski definition) is 2. The SMILES string of the molecule is CCCc1cc2ccc(F)cc2nc1N.Cl. The summed E-state index contributed by atoms with van der Waals surface area (Å²) in [6.07, 6.45) is 1.94. The number of aromatic nitrogens is 1. The normalized spacial score (nSPS) is 10.1. The number of pyridine rings is 1. The first-order valence-electron chi connectivity index (χ1n) is 5.05. The van der Waals surface area contributed by atoms with Crippen LogP contribution in [0.5, 0.6) is 0 Å². The van der Waals surface area contributed by atoms with Crippen LogP contribution in [0.1, 0.15) is 18.9 Å². The largest absolute Gasteiger partial charge is 0.383 e. The Morgan fingerprint density at radius 3 is 2.75 bits per heavy atom. The van der Waals surface area contributed by atoms with E-state index >= 15 is 0 Å². The van der Waals surface area contributed by atoms with E-state index < -0.39 is 0 Å². The van der Waals surface area contributed by atoms with Crippen LogP contribution in [0.3, 0.4) is 0 Å². The van der Waals surface area contributed by atoms with Crippen molar-refractivity contribution in [1.82, 2.24) is 4.98 Å². The zero-order chi connectivity index (χ0) is 10.8. The summed E-state index contributed by atoms with van der Waals surface area (Å²) in [5, 5.41) is 0.939. The minimum atomic E-state index is -0.280. The van der Waals surface area contributed by atoms with Gasteiger partial charge in [-0.25, -0.2) is 9.37 Å². The minimum Gasteiger partial charge on any atom is -0.383 e. The lowest BCUT2D eigenvalue weighted by molar-refractivity contribution is 0.629. The molecule has 0 aliphatic heterocycles. The van der Waals surface area contributed by atoms with Gasteiger partial charge in [-0.3, -0.25) is 0 Å². The Kier molecular flexibility index (Phi) is 4.07. The van der Waals surface area contributed by atoms with Crippen LogP contribution in [0, 0.1) is 5.82 Å². The highest BCUT2D eigenvalue weighted by atomic mass is 35.5. The highest BCUT2D eigenvalue weighted by Crippen LogP contribution is 2.20. The zero-order valence-corrected chi connectivity index (χ0v) is 9.85. The van der Waals surface area contributed by atoms with Crippen LogP contribution in [0.15, 0.2) is 24.3 Å². The number of fused-ring (bicyclic) bond motifs is 1. The van der Waals surface area contributed by atoms with E-state index in [2.05, 4.69) is 11.9 Å². The minimum absolute atomic E-state index is 0. The van der Waals surface area contributed by atoms with Gasteiger partial charge in [0.2, 0.25) is 0 Å². The fourth-order valence-corrected chi connectivity index (χ4v) is 1.67. The Labute approximate surface area is 100 Å². The van der Waals surface area contributed by atoms with E-state index in [0.717, 1.165) is 23.8 Å². The molecule has 0 aliphatic carbocycles. The number of nitrogens with zero attached hydrogens (tertiary/aromatic N) is 1. The standard InChI is InChI=1S/C12H13FN2.ClH/c1-2-3-9-6-8-4-5-10(13)7-11(8)15-12(9)14;/h4-7H,2-3H2,1H3,(H2,14,15);1H. The van der Waals surface area contributed by atoms with Gasteiger partial charge < -0.3 is 5.73 Å². The van der Waals surface area contributed by atoms with E-state index in [-0.39, 0.29) is 18.2 Å². The van der Waals surface area contributed by atoms with E-state index in [1.165, 1.54) is 12.1 Å². The molecule has 0 spiro atoms. The van der Waals surface area contributed by atoms with Crippen molar-refractivity contribution < 1.29 is 4.39 Å². The van der Waals surface area contributed by atoms with Gasteiger partial charge in [0.1, 0.15) is 11.6 Å². The van der Waals surface area contributed by atoms with Crippen molar-refractivity contribution in [1.29, 1.82) is 0 Å². The number of hydrogen-bond donors (Lipinski definition) is 1. The molecule has 0 radical (unpaired) electrons. The third-order valence-electron chi connectivity index (χ3n) is 2.41. The van der Waals surface area contributed by atoms with Crippen molar-refractivity contribution in [2.75, 3.05) is 5.73 Å². The lowest BCUT2D eigenvalue weighted by Gasteiger charge is -2.05. The second-order valence-electron chi connectivity index (χ2n) is 3.62. The van der Waals surface area contributed by atoms with Crippen molar-refractivity contribution >= 4 is 29.1 Å². The molecule has 86 valence electrons. The molecule has 2 aromatic rings. The Morgan fingerprint density at radius 1 is 1.31 bits per heavy atom. The highest BCUT2D eigenvalue weighted by Gasteiger charge is 2.03. The Balaban J connectivity index is 0.00000128. The molecule has 0 saturated heterocycles. The van der Waals surface area contributed by atoms with Crippen LogP contribution in [0.25, 0.3) is 10.9 Å². The molecule has 1 heterocycles. The molecule has 2 rings (SSSR count). The maximum Gasteiger partial charge on any atom is 0.127 e. The summed E-state index contributed by atoms with van der Waals surface area (Å²) in [6.45, 7) is 2.09. The zero-order valence-electron chi connectivity index (χ0n) is 9.03. The molecule has 0 fully saturated rings. The summed E-state index contributed by atoms with van der Waals surface area (Å²) in [4.78, 5) is 4.19. The molecule has 0 amide bonds. The molecule has 2 nitrogen and oxygen atoms in total. The molecule has 1 aromatic carbocycles. The van der Waals surface area contributed by atoms with Crippen molar-refractivity contribution in [3.8, 4) is 0 Å². The highest BCUT2D eigenvalue weighted by molar-refractivity contribution is 5.85. The van der Waals surface area contributed by atoms with E-state index in [9.17, 15) is 4.39 Å². The summed E-state index contributed by atoms with van der Waals surface area (Å²) in [6, 6.07) is 6.56. The monoisotopic (exact) mass is 240 g/mol. The lowest BCUT2D eigenvalue weighted by atomic mass is 10.1. The van der Waals surface area contributed by atoms with Gasteiger partial charge >= 0.3 is 0 Å². The molecular formula is C12H14ClFN2. The number of halogens is 2. The van der Waals surface area contributed by atoms with Crippen LogP contribution < -0.4 is 5.73 Å². The van der Waals surface area contributed by atoms with Gasteiger partial charge in [0, 0.05) is 11.5 Å². The van der Waals surface area contributed by atoms with Crippen molar-refractivity contribution in [3.63, 3.8) is 0 Å². The molecular weight excluding hydrogens is 227 g/mol. The molecule has 1 aromatic heterocycles. The van der Waals surface area contributed by atoms with Crippen LogP contribution in [-0.2, 0) is 6.42 Å². The van der Waals surface area contributed by atoms with E-state index in [1.54, 1.807) is 6.07 Å². The topological polar surface area (TPSA) is 38.9 Å². The van der Waals surface area contributed by atoms with Crippen LogP contribution in [0.4, 0.5) is 10.2 Å². The fourth-order valence-electron chi connectivity index (χ4n) is 1.67. The summed E-state index contributed by atoms with van der Waals surface area (Å²) < 4.78 is 12.9. The van der Waals surface area contributed by atoms with E-state index in [4.69, 9.17) is 5.73 Å². The number of aryl methyl sites for hydroxylation is 1. The Bertz CT molecular complexity index is 500. The van der Waals surface area contributed by atoms with Crippen molar-refractivity contribution in [3.05, 3.63) is 35.6 Å². The quantitative estimate of drug-likeness (QED) is 0.875. The predicted octanol–water partition coefficient (Wildman–Crippen LogP) is 3.33. The number of benzene rings is 1. The third kappa shape index (κ3) is 2.42. The Morgan fingerprint density at radius 2 is 2.06 bits per heavy atom. The van der Waals surface area contributed by atoms with Crippen LogP contribution in [-0.4, -0.2) is 4.98 Å². The van der Waals surface area contributed by atoms with Gasteiger partial charge in [-0.05, 0) is 30.2 Å². The van der Waals surface area contributed by atoms with Gasteiger partial charge in [-0.15, -0.1) is 12.4 Å². The summed E-state index contributed by atoms with van der Waals surface area (Å²) >= 11 is 0. The van der Waals surface area contributed by atoms with Gasteiger partial charge in [0.05, 0.1) is 5.52 Å². The Hall–Kier alpha value is -1.35. The predicted molar refractivity (Wildman–Crippen MR) is 67.4 cm³/mol. The maximum atomic E-state index is 12.9. The molecule has 4 heteroatoms. The lowest BCUT2D eigenvalue weighted by Crippen LogP contribution is -1.98.